The van der Waals surface area contributed by atoms with Crippen molar-refractivity contribution in [1.29, 1.82) is 0 Å². The van der Waals surface area contributed by atoms with Gasteiger partial charge in [-0.1, -0.05) is 30.3 Å². The number of ether oxygens (including phenoxy) is 1. The molecule has 130 valence electrons. The van der Waals surface area contributed by atoms with Gasteiger partial charge in [0.05, 0.1) is 5.56 Å². The highest BCUT2D eigenvalue weighted by Crippen LogP contribution is 2.28. The quantitative estimate of drug-likeness (QED) is 0.910. The third-order valence-electron chi connectivity index (χ3n) is 4.48. The molecule has 0 aliphatic carbocycles. The van der Waals surface area contributed by atoms with Crippen molar-refractivity contribution in [2.75, 3.05) is 13.1 Å². The van der Waals surface area contributed by atoms with Crippen LogP contribution in [0.4, 0.5) is 0 Å². The van der Waals surface area contributed by atoms with Crippen molar-refractivity contribution in [3.63, 3.8) is 0 Å². The number of benzene rings is 2. The highest BCUT2D eigenvalue weighted by Gasteiger charge is 2.26. The third kappa shape index (κ3) is 4.38. The van der Waals surface area contributed by atoms with Crippen molar-refractivity contribution >= 4 is 11.8 Å². The van der Waals surface area contributed by atoms with Crippen molar-refractivity contribution in [3.8, 4) is 11.5 Å². The summed E-state index contributed by atoms with van der Waals surface area (Å²) in [4.78, 5) is 25.8. The van der Waals surface area contributed by atoms with E-state index in [0.29, 0.717) is 36.6 Å². The minimum atomic E-state index is -0.272. The SMILES string of the molecule is NC(=O)CC1CCN(C(=O)c2ccccc2Oc2ccccc2)CC1. The minimum absolute atomic E-state index is 0.0379. The molecule has 25 heavy (non-hydrogen) atoms. The average molecular weight is 338 g/mol. The molecule has 1 aliphatic rings. The first-order chi connectivity index (χ1) is 12.1. The van der Waals surface area contributed by atoms with Gasteiger partial charge in [0.15, 0.2) is 0 Å². The zero-order chi connectivity index (χ0) is 17.6. The predicted octanol–water partition coefficient (Wildman–Crippen LogP) is 3.21. The van der Waals surface area contributed by atoms with E-state index in [4.69, 9.17) is 10.5 Å². The lowest BCUT2D eigenvalue weighted by Gasteiger charge is -2.31. The molecule has 5 nitrogen and oxygen atoms in total. The number of piperidine rings is 1. The van der Waals surface area contributed by atoms with Gasteiger partial charge in [0, 0.05) is 19.5 Å². The van der Waals surface area contributed by atoms with E-state index >= 15 is 0 Å². The van der Waals surface area contributed by atoms with Gasteiger partial charge >= 0.3 is 0 Å². The molecule has 0 atom stereocenters. The fraction of sp³-hybridized carbons (Fsp3) is 0.300. The Morgan fingerprint density at radius 3 is 2.32 bits per heavy atom. The molecule has 0 bridgehead atoms. The summed E-state index contributed by atoms with van der Waals surface area (Å²) in [6, 6.07) is 16.7. The third-order valence-corrected chi connectivity index (χ3v) is 4.48. The summed E-state index contributed by atoms with van der Waals surface area (Å²) in [5.74, 6) is 1.22. The van der Waals surface area contributed by atoms with Gasteiger partial charge in [-0.2, -0.15) is 0 Å². The van der Waals surface area contributed by atoms with Crippen LogP contribution in [0, 0.1) is 5.92 Å². The molecule has 0 saturated carbocycles. The Bertz CT molecular complexity index is 738. The molecule has 3 rings (SSSR count). The maximum atomic E-state index is 12.9. The molecule has 2 N–H and O–H groups in total. The lowest BCUT2D eigenvalue weighted by molar-refractivity contribution is -0.119. The van der Waals surface area contributed by atoms with E-state index in [0.717, 1.165) is 12.8 Å². The second-order valence-corrected chi connectivity index (χ2v) is 6.32. The van der Waals surface area contributed by atoms with Crippen LogP contribution in [-0.4, -0.2) is 29.8 Å². The molecule has 1 fully saturated rings. The summed E-state index contributed by atoms with van der Waals surface area (Å²) in [6.07, 6.45) is 2.00. The average Bonchev–Trinajstić information content (AvgIpc) is 2.63. The van der Waals surface area contributed by atoms with E-state index in [1.54, 1.807) is 12.1 Å². The van der Waals surface area contributed by atoms with Crippen LogP contribution in [0.25, 0.3) is 0 Å². The molecule has 1 saturated heterocycles. The maximum absolute atomic E-state index is 12.9. The van der Waals surface area contributed by atoms with Crippen LogP contribution in [0.2, 0.25) is 0 Å². The Labute approximate surface area is 147 Å². The number of rotatable bonds is 5. The first-order valence-electron chi connectivity index (χ1n) is 8.53. The summed E-state index contributed by atoms with van der Waals surface area (Å²) in [5, 5.41) is 0. The van der Waals surface area contributed by atoms with Gasteiger partial charge in [0.25, 0.3) is 5.91 Å². The highest BCUT2D eigenvalue weighted by atomic mass is 16.5. The molecule has 2 aromatic rings. The molecule has 1 aliphatic heterocycles. The van der Waals surface area contributed by atoms with Gasteiger partial charge in [-0.25, -0.2) is 0 Å². The molecule has 0 unspecified atom stereocenters. The zero-order valence-electron chi connectivity index (χ0n) is 14.1. The topological polar surface area (TPSA) is 72.6 Å². The Morgan fingerprint density at radius 1 is 1.00 bits per heavy atom. The minimum Gasteiger partial charge on any atom is -0.457 e. The molecule has 0 spiro atoms. The molecule has 2 amide bonds. The first kappa shape index (κ1) is 17.0. The fourth-order valence-electron chi connectivity index (χ4n) is 3.14. The molecule has 5 heteroatoms. The number of likely N-dealkylation sites (tertiary alicyclic amines) is 1. The number of para-hydroxylation sites is 2. The molecule has 0 aromatic heterocycles. The van der Waals surface area contributed by atoms with Gasteiger partial charge in [-0.05, 0) is 43.0 Å². The van der Waals surface area contributed by atoms with E-state index in [1.807, 2.05) is 47.4 Å². The normalized spacial score (nSPS) is 15.0. The maximum Gasteiger partial charge on any atom is 0.257 e. The molecule has 0 radical (unpaired) electrons. The van der Waals surface area contributed by atoms with Crippen LogP contribution < -0.4 is 10.5 Å². The lowest BCUT2D eigenvalue weighted by atomic mass is 9.93. The van der Waals surface area contributed by atoms with Crippen LogP contribution in [0.15, 0.2) is 54.6 Å². The van der Waals surface area contributed by atoms with E-state index in [-0.39, 0.29) is 17.7 Å². The Kier molecular flexibility index (Phi) is 5.33. The van der Waals surface area contributed by atoms with Gasteiger partial charge in [-0.15, -0.1) is 0 Å². The van der Waals surface area contributed by atoms with E-state index in [2.05, 4.69) is 0 Å². The largest absolute Gasteiger partial charge is 0.457 e. The number of amides is 2. The first-order valence-corrected chi connectivity index (χ1v) is 8.53. The standard InChI is InChI=1S/C20H22N2O3/c21-19(23)14-15-10-12-22(13-11-15)20(24)17-8-4-5-9-18(17)25-16-6-2-1-3-7-16/h1-9,15H,10-14H2,(H2,21,23). The van der Waals surface area contributed by atoms with Crippen LogP contribution in [0.3, 0.4) is 0 Å². The smallest absolute Gasteiger partial charge is 0.257 e. The predicted molar refractivity (Wildman–Crippen MR) is 95.4 cm³/mol. The monoisotopic (exact) mass is 338 g/mol. The van der Waals surface area contributed by atoms with Crippen molar-refractivity contribution in [1.82, 2.24) is 4.90 Å². The Balaban J connectivity index is 1.70. The van der Waals surface area contributed by atoms with Crippen LogP contribution in [-0.2, 0) is 4.79 Å². The fourth-order valence-corrected chi connectivity index (χ4v) is 3.14. The molecule has 1 heterocycles. The van der Waals surface area contributed by atoms with Crippen molar-refractivity contribution in [2.24, 2.45) is 11.7 Å². The number of hydrogen-bond acceptors (Lipinski definition) is 3. The number of nitrogens with zero attached hydrogens (tertiary/aromatic N) is 1. The van der Waals surface area contributed by atoms with Gasteiger partial charge in [-0.3, -0.25) is 9.59 Å². The van der Waals surface area contributed by atoms with Gasteiger partial charge in [0.2, 0.25) is 5.91 Å². The number of hydrogen-bond donors (Lipinski definition) is 1. The van der Waals surface area contributed by atoms with Gasteiger partial charge < -0.3 is 15.4 Å². The van der Waals surface area contributed by atoms with Crippen molar-refractivity contribution in [3.05, 3.63) is 60.2 Å². The zero-order valence-corrected chi connectivity index (χ0v) is 14.1. The Morgan fingerprint density at radius 2 is 1.64 bits per heavy atom. The van der Waals surface area contributed by atoms with Crippen LogP contribution in [0.1, 0.15) is 29.6 Å². The van der Waals surface area contributed by atoms with E-state index in [1.165, 1.54) is 0 Å². The van der Waals surface area contributed by atoms with Crippen molar-refractivity contribution in [2.45, 2.75) is 19.3 Å². The summed E-state index contributed by atoms with van der Waals surface area (Å²) in [5.41, 5.74) is 5.82. The van der Waals surface area contributed by atoms with E-state index < -0.39 is 0 Å². The summed E-state index contributed by atoms with van der Waals surface area (Å²) >= 11 is 0. The molecular weight excluding hydrogens is 316 g/mol. The highest BCUT2D eigenvalue weighted by molar-refractivity contribution is 5.97. The van der Waals surface area contributed by atoms with Crippen molar-refractivity contribution < 1.29 is 14.3 Å². The number of nitrogens with two attached hydrogens (primary N) is 1. The van der Waals surface area contributed by atoms with Crippen LogP contribution >= 0.6 is 0 Å². The number of carbonyl (C=O) groups is 2. The Hall–Kier alpha value is -2.82. The lowest BCUT2D eigenvalue weighted by Crippen LogP contribution is -2.39. The second-order valence-electron chi connectivity index (χ2n) is 6.32. The second kappa shape index (κ2) is 7.83. The summed E-state index contributed by atoms with van der Waals surface area (Å²) in [6.45, 7) is 1.27. The summed E-state index contributed by atoms with van der Waals surface area (Å²) in [7, 11) is 0. The molecular formula is C20H22N2O3. The molecule has 2 aromatic carbocycles. The van der Waals surface area contributed by atoms with Crippen LogP contribution in [0.5, 0.6) is 11.5 Å². The van der Waals surface area contributed by atoms with E-state index in [9.17, 15) is 9.59 Å². The summed E-state index contributed by atoms with van der Waals surface area (Å²) < 4.78 is 5.89. The van der Waals surface area contributed by atoms with Gasteiger partial charge in [0.1, 0.15) is 11.5 Å². The number of carbonyl (C=O) groups excluding carboxylic acids is 2. The number of primary amides is 1.